The fourth-order valence-corrected chi connectivity index (χ4v) is 1.11. The monoisotopic (exact) mass is 230 g/mol. The summed E-state index contributed by atoms with van der Waals surface area (Å²) in [6.45, 7) is 0.490. The fraction of sp³-hybridized carbons (Fsp3) is 0.700. The Bertz CT molecular complexity index is 243. The number of carboxylic acid groups (broad SMARTS) is 1. The Labute approximate surface area is 94.2 Å². The van der Waals surface area contributed by atoms with Crippen LogP contribution in [-0.2, 0) is 14.4 Å². The van der Waals surface area contributed by atoms with Crippen molar-refractivity contribution in [3.63, 3.8) is 0 Å². The van der Waals surface area contributed by atoms with Gasteiger partial charge < -0.3 is 21.0 Å². The summed E-state index contributed by atoms with van der Waals surface area (Å²) in [5, 5.41) is 10.9. The summed E-state index contributed by atoms with van der Waals surface area (Å²) >= 11 is 0. The molecule has 0 rings (SSSR count). The lowest BCUT2D eigenvalue weighted by molar-refractivity contribution is -0.138. The van der Waals surface area contributed by atoms with Crippen LogP contribution >= 0.6 is 0 Å². The smallest absolute Gasteiger partial charge is 0.303 e. The lowest BCUT2D eigenvalue weighted by Crippen LogP contribution is -2.25. The highest BCUT2D eigenvalue weighted by molar-refractivity contribution is 5.80. The van der Waals surface area contributed by atoms with Crippen molar-refractivity contribution in [1.82, 2.24) is 5.32 Å². The SMILES string of the molecule is NC(C=O)CCCCNC(=O)CCC(=O)O. The molecular weight excluding hydrogens is 212 g/mol. The molecule has 0 aliphatic heterocycles. The molecular formula is C10H18N2O4. The third-order valence-corrected chi connectivity index (χ3v) is 2.03. The zero-order valence-electron chi connectivity index (χ0n) is 9.15. The molecule has 0 aromatic heterocycles. The minimum atomic E-state index is -0.980. The van der Waals surface area contributed by atoms with E-state index in [1.165, 1.54) is 0 Å². The highest BCUT2D eigenvalue weighted by Crippen LogP contribution is 1.96. The van der Waals surface area contributed by atoms with Crippen LogP contribution < -0.4 is 11.1 Å². The fourth-order valence-electron chi connectivity index (χ4n) is 1.11. The van der Waals surface area contributed by atoms with Crippen molar-refractivity contribution in [2.45, 2.75) is 38.1 Å². The Morgan fingerprint density at radius 2 is 2.00 bits per heavy atom. The van der Waals surface area contributed by atoms with Gasteiger partial charge in [-0.25, -0.2) is 0 Å². The van der Waals surface area contributed by atoms with E-state index in [4.69, 9.17) is 10.8 Å². The number of amides is 1. The molecule has 0 heterocycles. The van der Waals surface area contributed by atoms with Crippen LogP contribution in [0.1, 0.15) is 32.1 Å². The topological polar surface area (TPSA) is 109 Å². The molecule has 16 heavy (non-hydrogen) atoms. The summed E-state index contributed by atoms with van der Waals surface area (Å²) in [7, 11) is 0. The van der Waals surface area contributed by atoms with Crippen LogP contribution in [-0.4, -0.2) is 35.9 Å². The second-order valence-electron chi connectivity index (χ2n) is 3.54. The predicted molar refractivity (Wildman–Crippen MR) is 57.8 cm³/mol. The zero-order valence-corrected chi connectivity index (χ0v) is 9.15. The lowest BCUT2D eigenvalue weighted by Gasteiger charge is -2.05. The van der Waals surface area contributed by atoms with Crippen LogP contribution in [0.2, 0.25) is 0 Å². The molecule has 0 fully saturated rings. The molecule has 0 spiro atoms. The maximum Gasteiger partial charge on any atom is 0.303 e. The molecule has 6 heteroatoms. The predicted octanol–water partition coefficient (Wildman–Crippen LogP) is -0.336. The largest absolute Gasteiger partial charge is 0.481 e. The number of rotatable bonds is 9. The third kappa shape index (κ3) is 9.14. The van der Waals surface area contributed by atoms with Gasteiger partial charge in [0.15, 0.2) is 0 Å². The van der Waals surface area contributed by atoms with E-state index in [1.54, 1.807) is 0 Å². The lowest BCUT2D eigenvalue weighted by atomic mass is 10.1. The number of hydrogen-bond donors (Lipinski definition) is 3. The van der Waals surface area contributed by atoms with E-state index in [0.29, 0.717) is 19.3 Å². The summed E-state index contributed by atoms with van der Waals surface area (Å²) in [6, 6.07) is -0.428. The normalized spacial score (nSPS) is 11.8. The zero-order chi connectivity index (χ0) is 12.4. The number of carbonyl (C=O) groups excluding carboxylic acids is 2. The Kier molecular flexibility index (Phi) is 8.05. The minimum Gasteiger partial charge on any atom is -0.481 e. The van der Waals surface area contributed by atoms with E-state index in [0.717, 1.165) is 12.8 Å². The molecule has 92 valence electrons. The Hall–Kier alpha value is -1.43. The number of nitrogens with one attached hydrogen (secondary N) is 1. The second-order valence-corrected chi connectivity index (χ2v) is 3.54. The van der Waals surface area contributed by atoms with E-state index < -0.39 is 12.0 Å². The van der Waals surface area contributed by atoms with Gasteiger partial charge in [-0.3, -0.25) is 9.59 Å². The van der Waals surface area contributed by atoms with Crippen molar-refractivity contribution in [1.29, 1.82) is 0 Å². The summed E-state index contributed by atoms with van der Waals surface area (Å²) in [5.41, 5.74) is 5.38. The summed E-state index contributed by atoms with van der Waals surface area (Å²) in [4.78, 5) is 31.4. The van der Waals surface area contributed by atoms with Crippen LogP contribution in [0.4, 0.5) is 0 Å². The quantitative estimate of drug-likeness (QED) is 0.371. The van der Waals surface area contributed by atoms with Crippen molar-refractivity contribution < 1.29 is 19.5 Å². The molecule has 0 saturated heterocycles. The number of nitrogens with two attached hydrogens (primary N) is 1. The molecule has 0 aromatic rings. The number of aliphatic carboxylic acids is 1. The first-order valence-electron chi connectivity index (χ1n) is 5.25. The van der Waals surface area contributed by atoms with E-state index in [-0.39, 0.29) is 18.7 Å². The minimum absolute atomic E-state index is 0.00316. The number of carboxylic acids is 1. The summed E-state index contributed by atoms with van der Waals surface area (Å²) < 4.78 is 0. The van der Waals surface area contributed by atoms with Crippen molar-refractivity contribution >= 4 is 18.2 Å². The average molecular weight is 230 g/mol. The Morgan fingerprint density at radius 1 is 1.31 bits per heavy atom. The van der Waals surface area contributed by atoms with Gasteiger partial charge in [-0.05, 0) is 19.3 Å². The van der Waals surface area contributed by atoms with Crippen LogP contribution in [0.25, 0.3) is 0 Å². The van der Waals surface area contributed by atoms with Crippen molar-refractivity contribution in [2.75, 3.05) is 6.54 Å². The van der Waals surface area contributed by atoms with Crippen LogP contribution in [0.3, 0.4) is 0 Å². The van der Waals surface area contributed by atoms with E-state index in [9.17, 15) is 14.4 Å². The van der Waals surface area contributed by atoms with Crippen molar-refractivity contribution in [3.8, 4) is 0 Å². The van der Waals surface area contributed by atoms with Gasteiger partial charge >= 0.3 is 5.97 Å². The summed E-state index contributed by atoms with van der Waals surface area (Å²) in [5.74, 6) is -1.24. The van der Waals surface area contributed by atoms with E-state index >= 15 is 0 Å². The molecule has 6 nitrogen and oxygen atoms in total. The third-order valence-electron chi connectivity index (χ3n) is 2.03. The van der Waals surface area contributed by atoms with Gasteiger partial charge in [0, 0.05) is 13.0 Å². The van der Waals surface area contributed by atoms with Gasteiger partial charge in [0.2, 0.25) is 5.91 Å². The molecule has 0 saturated carbocycles. The first-order valence-corrected chi connectivity index (χ1v) is 5.25. The average Bonchev–Trinajstić information content (AvgIpc) is 2.25. The van der Waals surface area contributed by atoms with Gasteiger partial charge in [0.1, 0.15) is 6.29 Å². The van der Waals surface area contributed by atoms with Crippen molar-refractivity contribution in [2.24, 2.45) is 5.73 Å². The molecule has 0 aliphatic carbocycles. The number of aldehydes is 1. The molecule has 0 radical (unpaired) electrons. The van der Waals surface area contributed by atoms with Crippen LogP contribution in [0, 0.1) is 0 Å². The maximum absolute atomic E-state index is 11.0. The molecule has 1 amide bonds. The van der Waals surface area contributed by atoms with Crippen LogP contribution in [0.15, 0.2) is 0 Å². The van der Waals surface area contributed by atoms with Gasteiger partial charge in [-0.1, -0.05) is 0 Å². The number of hydrogen-bond acceptors (Lipinski definition) is 4. The maximum atomic E-state index is 11.0. The Morgan fingerprint density at radius 3 is 2.56 bits per heavy atom. The van der Waals surface area contributed by atoms with E-state index in [1.807, 2.05) is 0 Å². The summed E-state index contributed by atoms with van der Waals surface area (Å²) in [6.07, 6.45) is 2.66. The van der Waals surface area contributed by atoms with Gasteiger partial charge in [0.05, 0.1) is 12.5 Å². The molecule has 0 aliphatic rings. The van der Waals surface area contributed by atoms with Gasteiger partial charge in [0.25, 0.3) is 0 Å². The molecule has 4 N–H and O–H groups in total. The molecule has 0 aromatic carbocycles. The molecule has 1 atom stereocenters. The molecule has 1 unspecified atom stereocenters. The highest BCUT2D eigenvalue weighted by atomic mass is 16.4. The van der Waals surface area contributed by atoms with Gasteiger partial charge in [-0.15, -0.1) is 0 Å². The van der Waals surface area contributed by atoms with Crippen LogP contribution in [0.5, 0.6) is 0 Å². The first-order chi connectivity index (χ1) is 7.56. The van der Waals surface area contributed by atoms with E-state index in [2.05, 4.69) is 5.32 Å². The number of carbonyl (C=O) groups is 3. The Balaban J connectivity index is 3.34. The highest BCUT2D eigenvalue weighted by Gasteiger charge is 2.04. The second kappa shape index (κ2) is 8.84. The molecule has 0 bridgehead atoms. The number of unbranched alkanes of at least 4 members (excludes halogenated alkanes) is 1. The van der Waals surface area contributed by atoms with Gasteiger partial charge in [-0.2, -0.15) is 0 Å². The standard InChI is InChI=1S/C10H18N2O4/c11-8(7-13)3-1-2-6-12-9(14)4-5-10(15)16/h7-8H,1-6,11H2,(H,12,14)(H,15,16). The van der Waals surface area contributed by atoms with Crippen molar-refractivity contribution in [3.05, 3.63) is 0 Å². The first kappa shape index (κ1) is 14.6.